The first-order valence-electron chi connectivity index (χ1n) is 15.9. The predicted molar refractivity (Wildman–Crippen MR) is 183 cm³/mol. The zero-order valence-electron chi connectivity index (χ0n) is 27.7. The Morgan fingerprint density at radius 1 is 1.18 bits per heavy atom. The second kappa shape index (κ2) is 13.2. The Hall–Kier alpha value is -5.08. The van der Waals surface area contributed by atoms with Gasteiger partial charge < -0.3 is 45.3 Å². The standard InChI is InChI=1S/C31H35N7O11S2/c1-14-16(12-38(7-4-5-8-38)9-6-36-25(42)15-10-18(39)19(40)11-20(15)48-36)23(28(44)45)37-26(43)22(27(37)51-14)34-24(41)21(17-13-50-30(32)33-17)35-49-31(2,3)29(46)47/h10-11,13-14,22,27H,4-9,12H2,1-3H3,(H6-,32,33,34,35,39,40,41,42,44,45,46,47)/p+1/t14-,22+,27+/m0/s1. The smallest absolute Gasteiger partial charge is 0.352 e. The number of oxime groups is 1. The van der Waals surface area contributed by atoms with Gasteiger partial charge >= 0.3 is 11.9 Å². The number of benzene rings is 1. The summed E-state index contributed by atoms with van der Waals surface area (Å²) in [6.07, 6.45) is 1.74. The van der Waals surface area contributed by atoms with Crippen molar-refractivity contribution in [1.82, 2.24) is 19.9 Å². The Bertz CT molecular complexity index is 2060. The summed E-state index contributed by atoms with van der Waals surface area (Å²) in [7, 11) is 0. The number of aliphatic carboxylic acids is 2. The van der Waals surface area contributed by atoms with Gasteiger partial charge in [-0.05, 0) is 20.8 Å². The lowest BCUT2D eigenvalue weighted by atomic mass is 9.99. The van der Waals surface area contributed by atoms with Crippen molar-refractivity contribution < 1.29 is 53.4 Å². The van der Waals surface area contributed by atoms with E-state index in [0.717, 1.165) is 35.0 Å². The number of quaternary nitrogens is 1. The van der Waals surface area contributed by atoms with E-state index < -0.39 is 63.5 Å². The highest BCUT2D eigenvalue weighted by atomic mass is 32.2. The number of carbonyl (C=O) groups is 4. The van der Waals surface area contributed by atoms with Crippen LogP contribution in [0.1, 0.15) is 39.3 Å². The number of β-lactam (4-membered cyclic amide) rings is 1. The van der Waals surface area contributed by atoms with Gasteiger partial charge in [0.05, 0.1) is 18.5 Å². The number of anilines is 1. The van der Waals surface area contributed by atoms with Crippen LogP contribution in [0.4, 0.5) is 5.13 Å². The molecule has 0 radical (unpaired) electrons. The fraction of sp³-hybridized carbons (Fsp3) is 0.452. The Morgan fingerprint density at radius 2 is 1.86 bits per heavy atom. The summed E-state index contributed by atoms with van der Waals surface area (Å²) >= 11 is 2.32. The van der Waals surface area contributed by atoms with Gasteiger partial charge in [-0.2, -0.15) is 4.74 Å². The first kappa shape index (κ1) is 35.7. The molecule has 20 heteroatoms. The van der Waals surface area contributed by atoms with E-state index in [4.69, 9.17) is 15.1 Å². The lowest BCUT2D eigenvalue weighted by Crippen LogP contribution is -2.71. The number of carboxylic acid groups (broad SMARTS) is 2. The minimum atomic E-state index is -1.80. The molecule has 3 aliphatic heterocycles. The average molecular weight is 747 g/mol. The molecule has 0 saturated carbocycles. The number of fused-ring (bicyclic) bond motifs is 2. The fourth-order valence-corrected chi connectivity index (χ4v) is 8.43. The molecule has 6 rings (SSSR count). The third-order valence-corrected chi connectivity index (χ3v) is 11.4. The maximum Gasteiger partial charge on any atom is 0.352 e. The summed E-state index contributed by atoms with van der Waals surface area (Å²) < 4.78 is 7.26. The maximum atomic E-state index is 13.6. The highest BCUT2D eigenvalue weighted by Crippen LogP contribution is 2.45. The number of hydrogen-bond donors (Lipinski definition) is 6. The van der Waals surface area contributed by atoms with Gasteiger partial charge in [0.2, 0.25) is 5.60 Å². The van der Waals surface area contributed by atoms with Gasteiger partial charge in [0, 0.05) is 41.2 Å². The Morgan fingerprint density at radius 3 is 2.49 bits per heavy atom. The normalized spacial score (nSPS) is 21.8. The molecule has 7 N–H and O–H groups in total. The second-order valence-electron chi connectivity index (χ2n) is 13.1. The number of aromatic nitrogens is 2. The molecule has 51 heavy (non-hydrogen) atoms. The molecule has 1 aromatic carbocycles. The Labute approximate surface area is 297 Å². The SMILES string of the molecule is C[C@@H]1S[C@@H]2[C@H](NC(=O)/C(=N\OC(C)(C)C(=O)O)c3csc(N)n3)C(=O)N2C(C(=O)O)=C1C[N+]1(CCn2oc3cc(O)c(O)cc3c2=O)CCCC1. The summed E-state index contributed by atoms with van der Waals surface area (Å²) in [5, 5.41) is 46.4. The highest BCUT2D eigenvalue weighted by molar-refractivity contribution is 8.00. The molecular weight excluding hydrogens is 711 g/mol. The molecular formula is C31H36N7O11S2+. The summed E-state index contributed by atoms with van der Waals surface area (Å²) in [5.74, 6) is -5.05. The van der Waals surface area contributed by atoms with Gasteiger partial charge in [-0.1, -0.05) is 5.16 Å². The monoisotopic (exact) mass is 746 g/mol. The number of carbonyl (C=O) groups excluding carboxylic acids is 2. The highest BCUT2D eigenvalue weighted by Gasteiger charge is 2.57. The van der Waals surface area contributed by atoms with Crippen molar-refractivity contribution in [3.63, 3.8) is 0 Å². The number of phenols is 2. The van der Waals surface area contributed by atoms with Gasteiger partial charge in [-0.3, -0.25) is 19.3 Å². The number of thiazole rings is 1. The molecule has 5 heterocycles. The van der Waals surface area contributed by atoms with Gasteiger partial charge in [0.15, 0.2) is 27.9 Å². The van der Waals surface area contributed by atoms with Crippen LogP contribution in [0.5, 0.6) is 11.5 Å². The van der Waals surface area contributed by atoms with E-state index in [2.05, 4.69) is 15.5 Å². The van der Waals surface area contributed by atoms with Crippen molar-refractivity contribution in [3.05, 3.63) is 44.8 Å². The van der Waals surface area contributed by atoms with Gasteiger partial charge in [-0.25, -0.2) is 14.6 Å². The third kappa shape index (κ3) is 6.61. The van der Waals surface area contributed by atoms with E-state index in [-0.39, 0.29) is 39.3 Å². The molecule has 3 atom stereocenters. The maximum absolute atomic E-state index is 13.6. The molecule has 3 aromatic rings. The number of aromatic hydroxyl groups is 2. The lowest BCUT2D eigenvalue weighted by molar-refractivity contribution is -0.913. The summed E-state index contributed by atoms with van der Waals surface area (Å²) in [6, 6.07) is 1.17. The topological polar surface area (TPSA) is 260 Å². The minimum Gasteiger partial charge on any atom is -0.504 e. The van der Waals surface area contributed by atoms with Crippen molar-refractivity contribution in [3.8, 4) is 11.5 Å². The number of phenolic OH excluding ortho intramolecular Hbond substituents is 2. The van der Waals surface area contributed by atoms with Crippen molar-refractivity contribution in [2.24, 2.45) is 5.16 Å². The molecule has 0 unspecified atom stereocenters. The van der Waals surface area contributed by atoms with Crippen molar-refractivity contribution in [2.75, 3.05) is 31.9 Å². The fourth-order valence-electron chi connectivity index (χ4n) is 6.44. The molecule has 2 amide bonds. The lowest BCUT2D eigenvalue weighted by Gasteiger charge is -2.51. The number of thioether (sulfide) groups is 1. The van der Waals surface area contributed by atoms with Crippen LogP contribution in [0, 0.1) is 0 Å². The number of nitrogens with one attached hydrogen (secondary N) is 1. The summed E-state index contributed by atoms with van der Waals surface area (Å²) in [4.78, 5) is 74.8. The van der Waals surface area contributed by atoms with E-state index >= 15 is 0 Å². The Balaban J connectivity index is 1.23. The first-order valence-corrected chi connectivity index (χ1v) is 17.7. The molecule has 0 bridgehead atoms. The van der Waals surface area contributed by atoms with Gasteiger partial charge in [0.25, 0.3) is 17.4 Å². The van der Waals surface area contributed by atoms with Crippen LogP contribution in [-0.2, 0) is 30.6 Å². The number of nitrogens with zero attached hydrogens (tertiary/aromatic N) is 5. The van der Waals surface area contributed by atoms with Crippen LogP contribution in [0.3, 0.4) is 0 Å². The minimum absolute atomic E-state index is 0.00118. The molecule has 3 aliphatic rings. The number of amides is 2. The predicted octanol–water partition coefficient (Wildman–Crippen LogP) is 1.07. The summed E-state index contributed by atoms with van der Waals surface area (Å²) in [5.41, 5.74) is 3.55. The molecule has 272 valence electrons. The molecule has 0 aliphatic carbocycles. The first-order chi connectivity index (χ1) is 24.0. The van der Waals surface area contributed by atoms with Crippen molar-refractivity contribution in [1.29, 1.82) is 0 Å². The number of nitrogen functional groups attached to an aromatic ring is 1. The van der Waals surface area contributed by atoms with Crippen LogP contribution in [-0.4, -0.2) is 117 Å². The zero-order valence-corrected chi connectivity index (χ0v) is 29.3. The number of nitrogens with two attached hydrogens (primary N) is 1. The molecule has 2 aromatic heterocycles. The Kier molecular flexibility index (Phi) is 9.27. The van der Waals surface area contributed by atoms with Crippen molar-refractivity contribution >= 4 is 68.7 Å². The van der Waals surface area contributed by atoms with E-state index in [1.165, 1.54) is 42.0 Å². The quantitative estimate of drug-likeness (QED) is 0.0498. The second-order valence-corrected chi connectivity index (χ2v) is 15.5. The molecule has 0 spiro atoms. The number of rotatable bonds is 12. The number of likely N-dealkylation sites (tertiary alicyclic amines) is 1. The van der Waals surface area contributed by atoms with E-state index in [1.807, 2.05) is 6.92 Å². The molecule has 18 nitrogen and oxygen atoms in total. The van der Waals surface area contributed by atoms with E-state index in [9.17, 15) is 44.4 Å². The van der Waals surface area contributed by atoms with Crippen LogP contribution < -0.4 is 16.6 Å². The van der Waals surface area contributed by atoms with Gasteiger partial charge in [0.1, 0.15) is 42.4 Å². The summed E-state index contributed by atoms with van der Waals surface area (Å²) in [6.45, 7) is 6.55. The zero-order chi connectivity index (χ0) is 37.0. The van der Waals surface area contributed by atoms with Crippen LogP contribution >= 0.6 is 23.1 Å². The van der Waals surface area contributed by atoms with E-state index in [1.54, 1.807) is 0 Å². The van der Waals surface area contributed by atoms with Crippen LogP contribution in [0.25, 0.3) is 11.0 Å². The van der Waals surface area contributed by atoms with Crippen molar-refractivity contribution in [2.45, 2.75) is 62.4 Å². The molecule has 2 fully saturated rings. The largest absolute Gasteiger partial charge is 0.504 e. The van der Waals surface area contributed by atoms with E-state index in [0.29, 0.717) is 36.2 Å². The van der Waals surface area contributed by atoms with Crippen LogP contribution in [0.2, 0.25) is 0 Å². The third-order valence-electron chi connectivity index (χ3n) is 9.31. The van der Waals surface area contributed by atoms with Gasteiger partial charge in [-0.15, -0.1) is 23.1 Å². The number of hydrogen-bond acceptors (Lipinski definition) is 14. The van der Waals surface area contributed by atoms with Crippen LogP contribution in [0.15, 0.2) is 43.3 Å². The average Bonchev–Trinajstić information content (AvgIpc) is 3.79. The molecule has 2 saturated heterocycles. The number of carboxylic acids is 2.